The van der Waals surface area contributed by atoms with Gasteiger partial charge in [-0.3, -0.25) is 0 Å². The largest absolute Gasteiger partial charge is 0.356 e. The molecule has 2 aromatic carbocycles. The molecule has 0 aromatic heterocycles. The normalized spacial score (nSPS) is 15.6. The number of nitrogens with one attached hydrogen (secondary N) is 1. The molecular formula is C18H20N2S2. The zero-order valence-electron chi connectivity index (χ0n) is 12.7. The third kappa shape index (κ3) is 3.45. The van der Waals surface area contributed by atoms with Crippen molar-refractivity contribution < 1.29 is 0 Å². The van der Waals surface area contributed by atoms with Gasteiger partial charge < -0.3 is 10.2 Å². The minimum Gasteiger partial charge on any atom is -0.356 e. The van der Waals surface area contributed by atoms with Crippen LogP contribution in [-0.4, -0.2) is 17.4 Å². The number of thiocarbonyl (C=S) groups is 1. The first-order valence-electron chi connectivity index (χ1n) is 7.60. The van der Waals surface area contributed by atoms with Gasteiger partial charge in [0, 0.05) is 11.4 Å². The number of hydrogen-bond acceptors (Lipinski definition) is 2. The SMILES string of the molecule is CC(NC(=S)N1CCCSc2ccccc21)c1ccccc1. The molecule has 0 bridgehead atoms. The Morgan fingerprint density at radius 1 is 1.14 bits per heavy atom. The van der Waals surface area contributed by atoms with Crippen molar-refractivity contribution in [2.75, 3.05) is 17.2 Å². The van der Waals surface area contributed by atoms with Gasteiger partial charge in [-0.2, -0.15) is 0 Å². The maximum Gasteiger partial charge on any atom is 0.173 e. The molecule has 2 nitrogen and oxygen atoms in total. The maximum atomic E-state index is 5.69. The zero-order chi connectivity index (χ0) is 15.4. The Labute approximate surface area is 141 Å². The first kappa shape index (κ1) is 15.4. The molecule has 1 atom stereocenters. The van der Waals surface area contributed by atoms with Crippen LogP contribution in [0.15, 0.2) is 59.5 Å². The summed E-state index contributed by atoms with van der Waals surface area (Å²) in [5, 5.41) is 4.29. The van der Waals surface area contributed by atoms with Gasteiger partial charge in [0.2, 0.25) is 0 Å². The van der Waals surface area contributed by atoms with Gasteiger partial charge in [0.1, 0.15) is 0 Å². The van der Waals surface area contributed by atoms with Crippen molar-refractivity contribution in [3.63, 3.8) is 0 Å². The van der Waals surface area contributed by atoms with Gasteiger partial charge in [-0.05, 0) is 49.0 Å². The van der Waals surface area contributed by atoms with E-state index < -0.39 is 0 Å². The van der Waals surface area contributed by atoms with Crippen LogP contribution in [0.25, 0.3) is 0 Å². The van der Waals surface area contributed by atoms with E-state index in [1.54, 1.807) is 0 Å². The molecule has 1 N–H and O–H groups in total. The zero-order valence-corrected chi connectivity index (χ0v) is 14.3. The van der Waals surface area contributed by atoms with Gasteiger partial charge in [0.15, 0.2) is 5.11 Å². The molecule has 22 heavy (non-hydrogen) atoms. The lowest BCUT2D eigenvalue weighted by Gasteiger charge is -2.28. The highest BCUT2D eigenvalue weighted by atomic mass is 32.2. The first-order valence-corrected chi connectivity index (χ1v) is 9.00. The van der Waals surface area contributed by atoms with Crippen LogP contribution in [0.2, 0.25) is 0 Å². The monoisotopic (exact) mass is 328 g/mol. The molecule has 0 amide bonds. The topological polar surface area (TPSA) is 15.3 Å². The molecule has 1 heterocycles. The van der Waals surface area contributed by atoms with E-state index in [2.05, 4.69) is 65.7 Å². The summed E-state index contributed by atoms with van der Waals surface area (Å²) >= 11 is 7.61. The van der Waals surface area contributed by atoms with Crippen molar-refractivity contribution in [2.24, 2.45) is 0 Å². The minimum absolute atomic E-state index is 0.205. The number of para-hydroxylation sites is 1. The summed E-state index contributed by atoms with van der Waals surface area (Å²) in [5.41, 5.74) is 2.48. The molecule has 0 fully saturated rings. The van der Waals surface area contributed by atoms with Gasteiger partial charge in [0.25, 0.3) is 0 Å². The standard InChI is InChI=1S/C18H20N2S2/c1-14(15-8-3-2-4-9-15)19-18(21)20-12-7-13-22-17-11-6-5-10-16(17)20/h2-6,8-11,14H,7,12-13H2,1H3,(H,19,21). The summed E-state index contributed by atoms with van der Waals surface area (Å²) in [6, 6.07) is 19.2. The van der Waals surface area contributed by atoms with Crippen molar-refractivity contribution in [1.82, 2.24) is 5.32 Å². The van der Waals surface area contributed by atoms with Crippen molar-refractivity contribution in [3.05, 3.63) is 60.2 Å². The predicted molar refractivity (Wildman–Crippen MR) is 99.7 cm³/mol. The Balaban J connectivity index is 1.77. The van der Waals surface area contributed by atoms with Crippen LogP contribution in [0, 0.1) is 0 Å². The molecule has 1 aliphatic rings. The third-order valence-corrected chi connectivity index (χ3v) is 5.31. The average molecular weight is 329 g/mol. The van der Waals surface area contributed by atoms with E-state index in [1.807, 2.05) is 17.8 Å². The number of rotatable bonds is 2. The van der Waals surface area contributed by atoms with Gasteiger partial charge in [-0.15, -0.1) is 11.8 Å². The number of nitrogens with zero attached hydrogens (tertiary/aromatic N) is 1. The van der Waals surface area contributed by atoms with Gasteiger partial charge >= 0.3 is 0 Å². The summed E-state index contributed by atoms with van der Waals surface area (Å²) in [6.07, 6.45) is 1.14. The van der Waals surface area contributed by atoms with Crippen LogP contribution in [0.4, 0.5) is 5.69 Å². The molecule has 0 saturated heterocycles. The van der Waals surface area contributed by atoms with E-state index >= 15 is 0 Å². The molecule has 2 aromatic rings. The van der Waals surface area contributed by atoms with Crippen LogP contribution < -0.4 is 10.2 Å². The van der Waals surface area contributed by atoms with Gasteiger partial charge in [-0.1, -0.05) is 42.5 Å². The van der Waals surface area contributed by atoms with E-state index in [0.717, 1.165) is 23.8 Å². The van der Waals surface area contributed by atoms with Crippen molar-refractivity contribution >= 4 is 34.8 Å². The van der Waals surface area contributed by atoms with Crippen LogP contribution in [0.3, 0.4) is 0 Å². The highest BCUT2D eigenvalue weighted by molar-refractivity contribution is 7.99. The average Bonchev–Trinajstić information content (AvgIpc) is 2.78. The van der Waals surface area contributed by atoms with E-state index in [1.165, 1.54) is 16.1 Å². The maximum absolute atomic E-state index is 5.69. The van der Waals surface area contributed by atoms with Crippen molar-refractivity contribution in [2.45, 2.75) is 24.3 Å². The fourth-order valence-electron chi connectivity index (χ4n) is 2.63. The van der Waals surface area contributed by atoms with E-state index in [9.17, 15) is 0 Å². The first-order chi connectivity index (χ1) is 10.8. The Bertz CT molecular complexity index is 643. The molecular weight excluding hydrogens is 308 g/mol. The molecule has 0 spiro atoms. The lowest BCUT2D eigenvalue weighted by molar-refractivity contribution is 0.709. The molecule has 0 radical (unpaired) electrons. The molecule has 4 heteroatoms. The van der Waals surface area contributed by atoms with Crippen LogP contribution in [-0.2, 0) is 0 Å². The summed E-state index contributed by atoms with van der Waals surface area (Å²) < 4.78 is 0. The van der Waals surface area contributed by atoms with Crippen LogP contribution >= 0.6 is 24.0 Å². The van der Waals surface area contributed by atoms with Gasteiger partial charge in [0.05, 0.1) is 11.7 Å². The highest BCUT2D eigenvalue weighted by Crippen LogP contribution is 2.33. The third-order valence-electron chi connectivity index (χ3n) is 3.82. The quantitative estimate of drug-likeness (QED) is 0.809. The fourth-order valence-corrected chi connectivity index (χ4v) is 3.99. The number of thioether (sulfide) groups is 1. The fraction of sp³-hybridized carbons (Fsp3) is 0.278. The Hall–Kier alpha value is -1.52. The second kappa shape index (κ2) is 7.16. The lowest BCUT2D eigenvalue weighted by atomic mass is 10.1. The molecule has 0 aliphatic carbocycles. The van der Waals surface area contributed by atoms with Crippen LogP contribution in [0.1, 0.15) is 24.9 Å². The number of anilines is 1. The molecule has 1 unspecified atom stereocenters. The van der Waals surface area contributed by atoms with Crippen LogP contribution in [0.5, 0.6) is 0 Å². The van der Waals surface area contributed by atoms with Gasteiger partial charge in [-0.25, -0.2) is 0 Å². The Morgan fingerprint density at radius 3 is 2.68 bits per heavy atom. The van der Waals surface area contributed by atoms with E-state index in [4.69, 9.17) is 12.2 Å². The molecule has 3 rings (SSSR count). The number of hydrogen-bond donors (Lipinski definition) is 1. The summed E-state index contributed by atoms with van der Waals surface area (Å²) in [4.78, 5) is 3.56. The van der Waals surface area contributed by atoms with E-state index in [-0.39, 0.29) is 6.04 Å². The summed E-state index contributed by atoms with van der Waals surface area (Å²) in [5.74, 6) is 1.14. The number of fused-ring (bicyclic) bond motifs is 1. The molecule has 114 valence electrons. The Kier molecular flexibility index (Phi) is 5.01. The number of benzene rings is 2. The van der Waals surface area contributed by atoms with E-state index in [0.29, 0.717) is 0 Å². The summed E-state index contributed by atoms with van der Waals surface area (Å²) in [7, 11) is 0. The second-order valence-electron chi connectivity index (χ2n) is 5.40. The van der Waals surface area contributed by atoms with Crippen molar-refractivity contribution in [3.8, 4) is 0 Å². The predicted octanol–water partition coefficient (Wildman–Crippen LogP) is 4.62. The summed E-state index contributed by atoms with van der Waals surface area (Å²) in [6.45, 7) is 3.12. The van der Waals surface area contributed by atoms with Crippen molar-refractivity contribution in [1.29, 1.82) is 0 Å². The molecule has 0 saturated carbocycles. The second-order valence-corrected chi connectivity index (χ2v) is 6.93. The molecule has 1 aliphatic heterocycles. The Morgan fingerprint density at radius 2 is 1.86 bits per heavy atom. The smallest absolute Gasteiger partial charge is 0.173 e. The lowest BCUT2D eigenvalue weighted by Crippen LogP contribution is -2.41. The minimum atomic E-state index is 0.205. The highest BCUT2D eigenvalue weighted by Gasteiger charge is 2.20.